The predicted molar refractivity (Wildman–Crippen MR) is 417 cm³/mol. The maximum atomic E-state index is 13.2. The van der Waals surface area contributed by atoms with Crippen molar-refractivity contribution in [1.82, 2.24) is 73.1 Å². The Balaban J connectivity index is 0.000000124. The molecule has 23 nitrogen and oxygen atoms in total. The molecule has 0 fully saturated rings. The molecule has 0 radical (unpaired) electrons. The summed E-state index contributed by atoms with van der Waals surface area (Å²) in [7, 11) is 0. The normalized spacial score (nSPS) is 11.7. The van der Waals surface area contributed by atoms with Crippen LogP contribution in [0.25, 0.3) is 116 Å². The Morgan fingerprint density at radius 2 is 0.575 bits per heavy atom. The van der Waals surface area contributed by atoms with Gasteiger partial charge in [-0.25, -0.2) is 14.0 Å². The van der Waals surface area contributed by atoms with Gasteiger partial charge in [0, 0.05) is 58.9 Å². The third-order valence-corrected chi connectivity index (χ3v) is 21.2. The van der Waals surface area contributed by atoms with Gasteiger partial charge in [-0.2, -0.15) is 59.1 Å². The van der Waals surface area contributed by atoms with Gasteiger partial charge in [-0.3, -0.25) is 33.6 Å². The fraction of sp³-hybridized carbons (Fsp3) is 0.0130. The van der Waals surface area contributed by atoms with Crippen molar-refractivity contribution in [2.24, 2.45) is 0 Å². The van der Waals surface area contributed by atoms with E-state index in [9.17, 15) is 28.8 Å². The van der Waals surface area contributed by atoms with Crippen molar-refractivity contribution in [3.63, 3.8) is 0 Å². The maximum absolute atomic E-state index is 13.2. The summed E-state index contributed by atoms with van der Waals surface area (Å²) in [6.45, 7) is 1.08. The molecular weight excluding hydrogens is 1460 g/mol. The summed E-state index contributed by atoms with van der Waals surface area (Å²) < 4.78 is 10.3. The molecule has 0 spiro atoms. The summed E-state index contributed by atoms with van der Waals surface area (Å²) in [4.78, 5) is 103. The number of carbonyl (C=O) groups is 1. The van der Waals surface area contributed by atoms with Crippen LogP contribution in [0, 0.1) is 0 Å². The van der Waals surface area contributed by atoms with E-state index in [0.717, 1.165) is 106 Å². The van der Waals surface area contributed by atoms with Crippen LogP contribution in [-0.2, 0) is 4.79 Å². The van der Waals surface area contributed by atoms with Gasteiger partial charge in [-0.05, 0) is 89.0 Å². The van der Waals surface area contributed by atoms with Crippen LogP contribution in [-0.4, -0.2) is 84.2 Å². The summed E-state index contributed by atoms with van der Waals surface area (Å²) in [6, 6.07) is 68.3. The largest absolute Gasteiger partial charge is 0.481 e. The molecule has 516 valence electrons. The van der Waals surface area contributed by atoms with E-state index in [0.29, 0.717) is 30.3 Å². The topological polar surface area (TPSA) is 284 Å². The Morgan fingerprint density at radius 3 is 0.811 bits per heavy atom. The highest BCUT2D eigenvalue weighted by Gasteiger charge is 2.20. The quantitative estimate of drug-likeness (QED) is 0.119. The molecule has 18 aromatic rings. The van der Waals surface area contributed by atoms with E-state index < -0.39 is 22.6 Å². The van der Waals surface area contributed by atoms with Crippen LogP contribution >= 0.6 is 68.0 Å². The average Bonchev–Trinajstić information content (AvgIpc) is 1.62. The Labute approximate surface area is 620 Å². The number of hydrogen-bond donors (Lipinski definition) is 1. The molecule has 0 atom stereocenters. The molecule has 0 aliphatic heterocycles. The standard InChI is InChI=1S/3C25H15N5O2S2.C2H4O2/c3*31-23-22(16-8-3-1-4-9-16)28-30-24(32)20(34-25(30)26-23)14-17-15-29(18-10-5-2-6-11-18)27-21(17)19-12-7-13-33-19;1-2(3)4/h3*1-15H;1H3,(H,3,4)/b3*20-14-;. The molecule has 106 heavy (non-hydrogen) atoms. The van der Waals surface area contributed by atoms with Crippen molar-refractivity contribution in [3.05, 3.63) is 346 Å². The molecule has 1 N–H and O–H groups in total. The summed E-state index contributed by atoms with van der Waals surface area (Å²) >= 11 is 8.14. The zero-order chi connectivity index (χ0) is 72.8. The summed E-state index contributed by atoms with van der Waals surface area (Å²) in [5.74, 6) is -0.833. The van der Waals surface area contributed by atoms with E-state index in [4.69, 9.17) is 25.2 Å². The third-order valence-electron chi connectivity index (χ3n) is 15.7. The molecule has 0 aliphatic carbocycles. The molecule has 6 aromatic carbocycles. The molecule has 12 aromatic heterocycles. The molecule has 0 amide bonds. The Bertz CT molecular complexity index is 6130. The smallest absolute Gasteiger partial charge is 0.300 e. The first kappa shape index (κ1) is 68.6. The van der Waals surface area contributed by atoms with Crippen LogP contribution in [0.1, 0.15) is 23.6 Å². The molecule has 18 rings (SSSR count). The van der Waals surface area contributed by atoms with Crippen LogP contribution in [0.15, 0.2) is 282 Å². The second-order valence-corrected chi connectivity index (χ2v) is 28.7. The number of fused-ring (bicyclic) bond motifs is 3. The number of thiophene rings is 3. The second kappa shape index (κ2) is 30.4. The van der Waals surface area contributed by atoms with Crippen LogP contribution in [0.3, 0.4) is 0 Å². The number of aromatic nitrogens is 15. The van der Waals surface area contributed by atoms with Gasteiger partial charge in [-0.1, -0.05) is 198 Å². The minimum Gasteiger partial charge on any atom is -0.481 e. The maximum Gasteiger partial charge on any atom is 0.300 e. The van der Waals surface area contributed by atoms with Gasteiger partial charge in [0.2, 0.25) is 14.9 Å². The lowest BCUT2D eigenvalue weighted by Crippen LogP contribution is -2.26. The Kier molecular flexibility index (Phi) is 19.7. The van der Waals surface area contributed by atoms with E-state index >= 15 is 0 Å². The van der Waals surface area contributed by atoms with Crippen molar-refractivity contribution in [3.8, 4) is 82.5 Å². The van der Waals surface area contributed by atoms with E-state index in [1.807, 2.05) is 217 Å². The number of carboxylic acid groups (broad SMARTS) is 1. The molecule has 0 bridgehead atoms. The number of rotatable bonds is 12. The van der Waals surface area contributed by atoms with E-state index in [2.05, 4.69) is 30.2 Å². The lowest BCUT2D eigenvalue weighted by molar-refractivity contribution is -0.134. The SMILES string of the molecule is CC(=O)O.O=c1nc2s/c(=C\c3cn(-c4ccccc4)nc3-c3cccs3)c(=O)n2nc1-c1ccccc1.O=c1nc2s/c(=C\c3cn(-c4ccccc4)nc3-c3cccs3)c(=O)n2nc1-c1ccccc1.O=c1nc2s/c(=C\c3cn(-c4ccccc4)nc3-c3cccs3)c(=O)n2nc1-c1ccccc1. The van der Waals surface area contributed by atoms with Crippen molar-refractivity contribution < 1.29 is 9.90 Å². The highest BCUT2D eigenvalue weighted by atomic mass is 32.1. The summed E-state index contributed by atoms with van der Waals surface area (Å²) in [5, 5.41) is 40.7. The zero-order valence-electron chi connectivity index (χ0n) is 54.9. The molecular formula is C77H49N15O8S6. The lowest BCUT2D eigenvalue weighted by Gasteiger charge is -1.99. The number of carboxylic acids is 1. The number of para-hydroxylation sites is 3. The van der Waals surface area contributed by atoms with Gasteiger partial charge in [-0.15, -0.1) is 34.0 Å². The zero-order valence-corrected chi connectivity index (χ0v) is 59.8. The average molecular weight is 1500 g/mol. The summed E-state index contributed by atoms with van der Waals surface area (Å²) in [5.41, 5.74) is 7.39. The molecule has 0 aliphatic rings. The number of nitrogens with zero attached hydrogens (tertiary/aromatic N) is 15. The van der Waals surface area contributed by atoms with E-state index in [1.54, 1.807) is 103 Å². The first-order chi connectivity index (χ1) is 51.7. The van der Waals surface area contributed by atoms with Gasteiger partial charge in [0.05, 0.1) is 45.3 Å². The number of hydrogen-bond acceptors (Lipinski definition) is 22. The van der Waals surface area contributed by atoms with Gasteiger partial charge < -0.3 is 5.11 Å². The van der Waals surface area contributed by atoms with Crippen LogP contribution < -0.4 is 47.0 Å². The molecule has 0 saturated carbocycles. The fourth-order valence-electron chi connectivity index (χ4n) is 10.9. The van der Waals surface area contributed by atoms with E-state index in [-0.39, 0.29) is 48.6 Å². The number of benzene rings is 6. The van der Waals surface area contributed by atoms with Gasteiger partial charge in [0.1, 0.15) is 17.1 Å². The molecule has 0 unspecified atom stereocenters. The van der Waals surface area contributed by atoms with Gasteiger partial charge >= 0.3 is 16.7 Å². The Hall–Kier alpha value is -13.2. The highest BCUT2D eigenvalue weighted by molar-refractivity contribution is 7.16. The van der Waals surface area contributed by atoms with E-state index in [1.165, 1.54) is 13.5 Å². The molecule has 0 saturated heterocycles. The fourth-order valence-corrected chi connectivity index (χ4v) is 15.8. The minimum atomic E-state index is -0.833. The molecule has 29 heteroatoms. The van der Waals surface area contributed by atoms with Crippen LogP contribution in [0.2, 0.25) is 0 Å². The second-order valence-electron chi connectivity index (χ2n) is 22.8. The number of thiazole rings is 3. The first-order valence-corrected chi connectivity index (χ1v) is 37.1. The minimum absolute atomic E-state index is 0.149. The van der Waals surface area contributed by atoms with Gasteiger partial charge in [0.15, 0.2) is 17.1 Å². The number of aliphatic carboxylic acids is 1. The highest BCUT2D eigenvalue weighted by Crippen LogP contribution is 2.32. The van der Waals surface area contributed by atoms with Gasteiger partial charge in [0.25, 0.3) is 22.6 Å². The van der Waals surface area contributed by atoms with Crippen molar-refractivity contribution >= 4 is 107 Å². The Morgan fingerprint density at radius 1 is 0.330 bits per heavy atom. The van der Waals surface area contributed by atoms with Crippen molar-refractivity contribution in [1.29, 1.82) is 0 Å². The third kappa shape index (κ3) is 14.6. The monoisotopic (exact) mass is 1500 g/mol. The predicted octanol–water partition coefficient (Wildman–Crippen LogP) is 11.0. The van der Waals surface area contributed by atoms with Crippen LogP contribution in [0.4, 0.5) is 0 Å². The van der Waals surface area contributed by atoms with Crippen molar-refractivity contribution in [2.75, 3.05) is 0 Å². The summed E-state index contributed by atoms with van der Waals surface area (Å²) in [6.07, 6.45) is 11.1. The lowest BCUT2D eigenvalue weighted by atomic mass is 10.2. The van der Waals surface area contributed by atoms with Crippen molar-refractivity contribution in [2.45, 2.75) is 6.92 Å². The first-order valence-electron chi connectivity index (χ1n) is 32.0. The molecule has 12 heterocycles. The van der Waals surface area contributed by atoms with Crippen LogP contribution in [0.5, 0.6) is 0 Å².